The Morgan fingerprint density at radius 3 is 1.91 bits per heavy atom. The van der Waals surface area contributed by atoms with Gasteiger partial charge in [0.2, 0.25) is 0 Å². The number of cyclic esters (lactones) is 1. The zero-order chi connectivity index (χ0) is 39.1. The summed E-state index contributed by atoms with van der Waals surface area (Å²) in [6.45, 7) is 10.4. The molecule has 55 heavy (non-hydrogen) atoms. The molecular formula is C42H66O13. The molecule has 19 unspecified atom stereocenters. The van der Waals surface area contributed by atoms with Crippen LogP contribution >= 0.6 is 0 Å². The molecule has 8 rings (SSSR count). The van der Waals surface area contributed by atoms with E-state index >= 15 is 0 Å². The largest absolute Gasteiger partial charge is 0.458 e. The molecule has 0 bridgehead atoms. The highest BCUT2D eigenvalue weighted by molar-refractivity contribution is 5.85. The third-order valence-corrected chi connectivity index (χ3v) is 16.3. The lowest BCUT2D eigenvalue weighted by molar-refractivity contribution is -0.336. The molecule has 0 radical (unpaired) electrons. The molecule has 3 saturated heterocycles. The Kier molecular flexibility index (Phi) is 11.1. The summed E-state index contributed by atoms with van der Waals surface area (Å²) in [6, 6.07) is 0. The molecule has 8 aliphatic rings. The Balaban J connectivity index is 0.838. The van der Waals surface area contributed by atoms with Crippen LogP contribution in [0.25, 0.3) is 0 Å². The lowest BCUT2D eigenvalue weighted by Crippen LogP contribution is -2.61. The minimum atomic E-state index is -0.996. The quantitative estimate of drug-likeness (QED) is 0.186. The van der Waals surface area contributed by atoms with E-state index in [9.17, 15) is 30.3 Å². The van der Waals surface area contributed by atoms with Gasteiger partial charge in [0.05, 0.1) is 48.3 Å². The molecule has 0 aromatic rings. The predicted octanol–water partition coefficient (Wildman–Crippen LogP) is 3.78. The molecule has 19 atom stereocenters. The topological polar surface area (TPSA) is 183 Å². The van der Waals surface area contributed by atoms with Crippen LogP contribution < -0.4 is 0 Å². The van der Waals surface area contributed by atoms with E-state index in [1.165, 1.54) is 0 Å². The van der Waals surface area contributed by atoms with Gasteiger partial charge in [-0.2, -0.15) is 0 Å². The van der Waals surface area contributed by atoms with Crippen molar-refractivity contribution in [3.8, 4) is 0 Å². The van der Waals surface area contributed by atoms with Gasteiger partial charge in [0.15, 0.2) is 18.9 Å². The van der Waals surface area contributed by atoms with Crippen molar-refractivity contribution in [3.05, 3.63) is 11.6 Å². The summed E-state index contributed by atoms with van der Waals surface area (Å²) < 4.78 is 42.3. The van der Waals surface area contributed by atoms with Crippen LogP contribution in [0.1, 0.15) is 125 Å². The summed E-state index contributed by atoms with van der Waals surface area (Å²) >= 11 is 0. The number of ether oxygens (including phenoxy) is 7. The van der Waals surface area contributed by atoms with Crippen molar-refractivity contribution in [1.82, 2.24) is 0 Å². The van der Waals surface area contributed by atoms with E-state index in [4.69, 9.17) is 33.2 Å². The maximum Gasteiger partial charge on any atom is 0.331 e. The second-order valence-corrected chi connectivity index (χ2v) is 19.3. The zero-order valence-electron chi connectivity index (χ0n) is 33.3. The third-order valence-electron chi connectivity index (χ3n) is 16.3. The van der Waals surface area contributed by atoms with Crippen LogP contribution in [0.2, 0.25) is 0 Å². The Morgan fingerprint density at radius 2 is 1.31 bits per heavy atom. The Hall–Kier alpha value is -1.23. The number of aliphatic hydroxyl groups excluding tert-OH is 4. The molecule has 4 saturated carbocycles. The number of carbonyl (C=O) groups excluding carboxylic acids is 1. The maximum absolute atomic E-state index is 12.5. The molecule has 0 amide bonds. The molecule has 4 aliphatic carbocycles. The Bertz CT molecular complexity index is 1410. The van der Waals surface area contributed by atoms with Gasteiger partial charge in [0, 0.05) is 30.8 Å². The second-order valence-electron chi connectivity index (χ2n) is 19.3. The molecule has 13 nitrogen and oxygen atoms in total. The van der Waals surface area contributed by atoms with Crippen LogP contribution in [0.4, 0.5) is 0 Å². The molecule has 7 fully saturated rings. The Morgan fingerprint density at radius 1 is 0.691 bits per heavy atom. The highest BCUT2D eigenvalue weighted by Crippen LogP contribution is 2.72. The summed E-state index contributed by atoms with van der Waals surface area (Å²) in [5.74, 6) is 0.411. The predicted molar refractivity (Wildman–Crippen MR) is 196 cm³/mol. The average Bonchev–Trinajstić information content (AvgIpc) is 3.66. The van der Waals surface area contributed by atoms with E-state index in [0.29, 0.717) is 12.5 Å². The normalized spacial score (nSPS) is 54.4. The fourth-order valence-corrected chi connectivity index (χ4v) is 12.9. The van der Waals surface area contributed by atoms with Crippen LogP contribution in [-0.4, -0.2) is 124 Å². The number of hydrogen-bond acceptors (Lipinski definition) is 13. The van der Waals surface area contributed by atoms with Gasteiger partial charge < -0.3 is 58.7 Å². The van der Waals surface area contributed by atoms with Crippen molar-refractivity contribution in [2.45, 2.75) is 210 Å². The standard InChI is InChI=1S/C42H66O13/c1-22-36(47)29(43)17-34(50-22)54-38-24(3)52-35(19-31(38)45)55-37-23(2)51-33(18-30(37)44)53-27-8-11-39(4)26(16-27)7-6-10-41(39)14-13-40(5)28(9-12-42(40,48)21-41)25-15-32(46)49-20-25/h15,22-24,26-31,33-38,43-45,47-48H,6-14,16-21H2,1-5H3. The summed E-state index contributed by atoms with van der Waals surface area (Å²) in [5, 5.41) is 55.0. The molecule has 1 spiro atoms. The van der Waals surface area contributed by atoms with E-state index < -0.39 is 79.4 Å². The van der Waals surface area contributed by atoms with Gasteiger partial charge in [-0.15, -0.1) is 0 Å². The smallest absolute Gasteiger partial charge is 0.331 e. The highest BCUT2D eigenvalue weighted by Gasteiger charge is 2.67. The highest BCUT2D eigenvalue weighted by atomic mass is 16.7. The molecule has 312 valence electrons. The van der Waals surface area contributed by atoms with Crippen LogP contribution in [0.5, 0.6) is 0 Å². The second kappa shape index (κ2) is 15.1. The van der Waals surface area contributed by atoms with Crippen molar-refractivity contribution in [1.29, 1.82) is 0 Å². The number of aliphatic hydroxyl groups is 5. The van der Waals surface area contributed by atoms with Crippen molar-refractivity contribution < 1.29 is 63.5 Å². The van der Waals surface area contributed by atoms with Crippen LogP contribution in [-0.2, 0) is 38.0 Å². The first-order valence-corrected chi connectivity index (χ1v) is 21.3. The SMILES string of the molecule is CC1OC(OC2C(O)CC(OC3C(O)CC(OC4CCC5(C)C(CCCC56CCC5(C)C(C7=CC(=O)OC7)CCC5(O)C6)C4)OC3C)OC2C)CC(O)C1O. The zero-order valence-corrected chi connectivity index (χ0v) is 33.3. The maximum atomic E-state index is 12.5. The molecule has 0 aromatic carbocycles. The fourth-order valence-electron chi connectivity index (χ4n) is 12.9. The van der Waals surface area contributed by atoms with E-state index in [2.05, 4.69) is 13.8 Å². The fraction of sp³-hybridized carbons (Fsp3) is 0.929. The Labute approximate surface area is 325 Å². The molecule has 4 heterocycles. The van der Waals surface area contributed by atoms with Crippen molar-refractivity contribution >= 4 is 5.97 Å². The van der Waals surface area contributed by atoms with Gasteiger partial charge in [0.25, 0.3) is 0 Å². The van der Waals surface area contributed by atoms with Gasteiger partial charge in [-0.1, -0.05) is 20.3 Å². The summed E-state index contributed by atoms with van der Waals surface area (Å²) in [7, 11) is 0. The first-order chi connectivity index (χ1) is 26.0. The number of fused-ring (bicyclic) bond motifs is 3. The van der Waals surface area contributed by atoms with E-state index in [0.717, 1.165) is 76.2 Å². The van der Waals surface area contributed by atoms with Crippen molar-refractivity contribution in [3.63, 3.8) is 0 Å². The van der Waals surface area contributed by atoms with Crippen LogP contribution in [0.15, 0.2) is 11.6 Å². The van der Waals surface area contributed by atoms with Gasteiger partial charge in [-0.05, 0) is 113 Å². The molecular weight excluding hydrogens is 712 g/mol. The number of hydrogen-bond donors (Lipinski definition) is 5. The molecule has 4 aliphatic heterocycles. The third kappa shape index (κ3) is 7.17. The number of rotatable bonds is 7. The van der Waals surface area contributed by atoms with Crippen LogP contribution in [0.3, 0.4) is 0 Å². The summed E-state index contributed by atoms with van der Waals surface area (Å²) in [4.78, 5) is 11.9. The minimum absolute atomic E-state index is 0.0184. The molecule has 0 aromatic heterocycles. The summed E-state index contributed by atoms with van der Waals surface area (Å²) in [5.41, 5.74) is 0.227. The average molecular weight is 779 g/mol. The summed E-state index contributed by atoms with van der Waals surface area (Å²) in [6.07, 6.45) is 4.06. The first kappa shape index (κ1) is 40.5. The van der Waals surface area contributed by atoms with E-state index in [1.807, 2.05) is 6.92 Å². The first-order valence-electron chi connectivity index (χ1n) is 21.3. The number of esters is 1. The van der Waals surface area contributed by atoms with Crippen molar-refractivity contribution in [2.24, 2.45) is 28.1 Å². The lowest BCUT2D eigenvalue weighted by Gasteiger charge is -2.65. The van der Waals surface area contributed by atoms with Gasteiger partial charge in [-0.3, -0.25) is 0 Å². The van der Waals surface area contributed by atoms with Crippen LogP contribution in [0, 0.1) is 28.1 Å². The van der Waals surface area contributed by atoms with Gasteiger partial charge in [0.1, 0.15) is 24.9 Å². The van der Waals surface area contributed by atoms with Crippen molar-refractivity contribution in [2.75, 3.05) is 6.61 Å². The van der Waals surface area contributed by atoms with E-state index in [-0.39, 0.29) is 53.5 Å². The van der Waals surface area contributed by atoms with E-state index in [1.54, 1.807) is 19.9 Å². The lowest BCUT2D eigenvalue weighted by atomic mass is 9.40. The minimum Gasteiger partial charge on any atom is -0.458 e. The molecule has 13 heteroatoms. The monoisotopic (exact) mass is 778 g/mol. The number of carbonyl (C=O) groups is 1. The van der Waals surface area contributed by atoms with Gasteiger partial charge in [-0.25, -0.2) is 4.79 Å². The molecule has 5 N–H and O–H groups in total. The van der Waals surface area contributed by atoms with Gasteiger partial charge >= 0.3 is 5.97 Å².